The first-order valence-electron chi connectivity index (χ1n) is 9.90. The van der Waals surface area contributed by atoms with Crippen LogP contribution < -0.4 is 5.32 Å². The van der Waals surface area contributed by atoms with Gasteiger partial charge >= 0.3 is 0 Å². The van der Waals surface area contributed by atoms with Gasteiger partial charge in [-0.25, -0.2) is 9.37 Å². The molecule has 0 aliphatic heterocycles. The van der Waals surface area contributed by atoms with E-state index in [1.54, 1.807) is 10.9 Å². The molecule has 3 aromatic rings. The fourth-order valence-corrected chi connectivity index (χ4v) is 3.97. The molecular weight excluding hydrogens is 476 g/mol. The predicted octanol–water partition coefficient (Wildman–Crippen LogP) is 4.75. The van der Waals surface area contributed by atoms with Crippen molar-refractivity contribution in [2.75, 3.05) is 11.9 Å². The second-order valence-electron chi connectivity index (χ2n) is 7.16. The molecule has 0 saturated heterocycles. The molecule has 164 valence electrons. The zero-order valence-electron chi connectivity index (χ0n) is 16.6. The van der Waals surface area contributed by atoms with Crippen molar-refractivity contribution in [3.63, 3.8) is 0 Å². The van der Waals surface area contributed by atoms with Crippen molar-refractivity contribution in [2.24, 2.45) is 0 Å². The summed E-state index contributed by atoms with van der Waals surface area (Å²) < 4.78 is 40.5. The average molecular weight is 496 g/mol. The fraction of sp³-hybridized carbons (Fsp3) is 0.400. The number of aromatic nitrogens is 4. The third kappa shape index (κ3) is 4.82. The highest BCUT2D eigenvalue weighted by Gasteiger charge is 2.27. The summed E-state index contributed by atoms with van der Waals surface area (Å²) in [5, 5.41) is 7.12. The lowest BCUT2D eigenvalue weighted by Crippen LogP contribution is -2.24. The van der Waals surface area contributed by atoms with Gasteiger partial charge in [0, 0.05) is 28.7 Å². The molecule has 0 radical (unpaired) electrons. The Balaban J connectivity index is 1.65. The second-order valence-corrected chi connectivity index (χ2v) is 7.84. The highest BCUT2D eigenvalue weighted by atomic mass is 79.9. The van der Waals surface area contributed by atoms with E-state index >= 15 is 0 Å². The first-order chi connectivity index (χ1) is 14.9. The molecule has 31 heavy (non-hydrogen) atoms. The minimum Gasteiger partial charge on any atom is -0.439 e. The van der Waals surface area contributed by atoms with Crippen molar-refractivity contribution in [1.29, 1.82) is 0 Å². The number of nitrogens with one attached hydrogen (secondary N) is 1. The highest BCUT2D eigenvalue weighted by Crippen LogP contribution is 2.34. The number of oxazole rings is 1. The number of nitrogens with zero attached hydrogens (tertiary/aromatic N) is 4. The van der Waals surface area contributed by atoms with Crippen LogP contribution in [0.25, 0.3) is 11.4 Å². The van der Waals surface area contributed by atoms with E-state index in [2.05, 4.69) is 36.3 Å². The highest BCUT2D eigenvalue weighted by molar-refractivity contribution is 9.10. The SMILES string of the molecule is CCOC1CCC(n2cc(NC(=O)c3coc(Br)n3)c(-c3nc(F)ccc3F)n2)CC1. The van der Waals surface area contributed by atoms with Crippen molar-refractivity contribution in [3.8, 4) is 11.4 Å². The minimum atomic E-state index is -0.846. The van der Waals surface area contributed by atoms with Gasteiger partial charge in [0.1, 0.15) is 17.7 Å². The van der Waals surface area contributed by atoms with E-state index in [-0.39, 0.29) is 39.7 Å². The zero-order chi connectivity index (χ0) is 22.0. The third-order valence-corrected chi connectivity index (χ3v) is 5.51. The summed E-state index contributed by atoms with van der Waals surface area (Å²) in [6.07, 6.45) is 6.37. The molecule has 1 saturated carbocycles. The van der Waals surface area contributed by atoms with E-state index in [4.69, 9.17) is 9.15 Å². The van der Waals surface area contributed by atoms with Crippen LogP contribution in [0.4, 0.5) is 14.5 Å². The van der Waals surface area contributed by atoms with Crippen LogP contribution in [-0.2, 0) is 4.74 Å². The monoisotopic (exact) mass is 495 g/mol. The van der Waals surface area contributed by atoms with E-state index in [1.807, 2.05) is 6.92 Å². The molecule has 3 aromatic heterocycles. The van der Waals surface area contributed by atoms with Crippen LogP contribution in [0.1, 0.15) is 49.1 Å². The molecule has 1 fully saturated rings. The van der Waals surface area contributed by atoms with Crippen LogP contribution in [-0.4, -0.2) is 38.4 Å². The van der Waals surface area contributed by atoms with Gasteiger partial charge in [0.25, 0.3) is 10.7 Å². The fourth-order valence-electron chi connectivity index (χ4n) is 3.68. The topological polar surface area (TPSA) is 95.1 Å². The molecule has 0 spiro atoms. The van der Waals surface area contributed by atoms with Gasteiger partial charge in [0.05, 0.1) is 17.8 Å². The smallest absolute Gasteiger partial charge is 0.277 e. The molecule has 0 bridgehead atoms. The number of hydrogen-bond acceptors (Lipinski definition) is 6. The number of rotatable bonds is 6. The third-order valence-electron chi connectivity index (χ3n) is 5.15. The van der Waals surface area contributed by atoms with E-state index < -0.39 is 17.7 Å². The molecule has 1 N–H and O–H groups in total. The number of hydrogen-bond donors (Lipinski definition) is 1. The maximum absolute atomic E-state index is 14.4. The molecule has 8 nitrogen and oxygen atoms in total. The van der Waals surface area contributed by atoms with Gasteiger partial charge in [0.15, 0.2) is 11.5 Å². The number of ether oxygens (including phenoxy) is 1. The van der Waals surface area contributed by atoms with Crippen LogP contribution in [0.2, 0.25) is 0 Å². The molecule has 1 aliphatic carbocycles. The Kier molecular flexibility index (Phi) is 6.42. The van der Waals surface area contributed by atoms with E-state index in [1.165, 1.54) is 6.26 Å². The summed E-state index contributed by atoms with van der Waals surface area (Å²) in [5.74, 6) is -2.17. The van der Waals surface area contributed by atoms with Gasteiger partial charge in [0.2, 0.25) is 5.95 Å². The Bertz CT molecular complexity index is 1080. The summed E-state index contributed by atoms with van der Waals surface area (Å²) in [4.78, 5) is 20.3. The van der Waals surface area contributed by atoms with Crippen LogP contribution in [0, 0.1) is 11.8 Å². The van der Waals surface area contributed by atoms with Crippen molar-refractivity contribution in [3.05, 3.63) is 46.9 Å². The predicted molar refractivity (Wildman–Crippen MR) is 110 cm³/mol. The Labute approximate surface area is 185 Å². The molecule has 3 heterocycles. The summed E-state index contributed by atoms with van der Waals surface area (Å²) >= 11 is 3.04. The first-order valence-corrected chi connectivity index (χ1v) is 10.7. The zero-order valence-corrected chi connectivity index (χ0v) is 18.2. The number of anilines is 1. The van der Waals surface area contributed by atoms with Gasteiger partial charge in [-0.05, 0) is 44.7 Å². The second kappa shape index (κ2) is 9.23. The van der Waals surface area contributed by atoms with Gasteiger partial charge < -0.3 is 14.5 Å². The standard InChI is InChI=1S/C20H20BrF2N5O3/c1-2-30-12-5-3-11(4-6-12)28-9-14(24-19(29)15-10-31-20(21)25-15)18(27-28)17-13(22)7-8-16(23)26-17/h7-12H,2-6H2,1H3,(H,24,29). The molecule has 4 rings (SSSR count). The van der Waals surface area contributed by atoms with Crippen LogP contribution in [0.3, 0.4) is 0 Å². The van der Waals surface area contributed by atoms with Crippen LogP contribution >= 0.6 is 15.9 Å². The van der Waals surface area contributed by atoms with Gasteiger partial charge in [-0.1, -0.05) is 0 Å². The summed E-state index contributed by atoms with van der Waals surface area (Å²) in [7, 11) is 0. The van der Waals surface area contributed by atoms with Crippen molar-refractivity contribution in [2.45, 2.75) is 44.8 Å². The average Bonchev–Trinajstić information content (AvgIpc) is 3.37. The number of amides is 1. The number of halogens is 3. The molecule has 11 heteroatoms. The van der Waals surface area contributed by atoms with E-state index in [9.17, 15) is 13.6 Å². The Hall–Kier alpha value is -2.66. The Morgan fingerprint density at radius 2 is 2.03 bits per heavy atom. The van der Waals surface area contributed by atoms with Crippen molar-refractivity contribution >= 4 is 27.5 Å². The quantitative estimate of drug-likeness (QED) is 0.496. The molecule has 0 aromatic carbocycles. The molecule has 1 amide bonds. The van der Waals surface area contributed by atoms with E-state index in [0.717, 1.165) is 37.8 Å². The molecule has 0 atom stereocenters. The number of carbonyl (C=O) groups is 1. The number of carbonyl (C=O) groups excluding carboxylic acids is 1. The van der Waals surface area contributed by atoms with Gasteiger partial charge in [-0.2, -0.15) is 14.5 Å². The normalized spacial score (nSPS) is 18.8. The van der Waals surface area contributed by atoms with Gasteiger partial charge in [-0.3, -0.25) is 9.48 Å². The van der Waals surface area contributed by atoms with Crippen LogP contribution in [0.5, 0.6) is 0 Å². The Morgan fingerprint density at radius 3 is 2.71 bits per heavy atom. The number of pyridine rings is 1. The Morgan fingerprint density at radius 1 is 1.26 bits per heavy atom. The molecular formula is C20H20BrF2N5O3. The maximum Gasteiger partial charge on any atom is 0.277 e. The van der Waals surface area contributed by atoms with Crippen molar-refractivity contribution in [1.82, 2.24) is 19.7 Å². The summed E-state index contributed by atoms with van der Waals surface area (Å²) in [6, 6.07) is 1.94. The largest absolute Gasteiger partial charge is 0.439 e. The van der Waals surface area contributed by atoms with Crippen molar-refractivity contribution < 1.29 is 22.7 Å². The summed E-state index contributed by atoms with van der Waals surface area (Å²) in [6.45, 7) is 2.63. The molecule has 1 aliphatic rings. The lowest BCUT2D eigenvalue weighted by atomic mass is 9.93. The lowest BCUT2D eigenvalue weighted by molar-refractivity contribution is 0.0260. The lowest BCUT2D eigenvalue weighted by Gasteiger charge is -2.28. The van der Waals surface area contributed by atoms with Crippen LogP contribution in [0.15, 0.2) is 33.8 Å². The summed E-state index contributed by atoms with van der Waals surface area (Å²) in [5.41, 5.74) is -0.0123. The van der Waals surface area contributed by atoms with E-state index in [0.29, 0.717) is 6.61 Å². The van der Waals surface area contributed by atoms with Gasteiger partial charge in [-0.15, -0.1) is 0 Å². The first kappa shape index (κ1) is 21.6. The maximum atomic E-state index is 14.4. The molecule has 0 unspecified atom stereocenters. The minimum absolute atomic E-state index is 0.0236.